The zero-order chi connectivity index (χ0) is 21.9. The third-order valence-corrected chi connectivity index (χ3v) is 6.62. The van der Waals surface area contributed by atoms with E-state index in [9.17, 15) is 24.1 Å². The lowest BCUT2D eigenvalue weighted by Gasteiger charge is -2.22. The fraction of sp³-hybridized carbons (Fsp3) is 0.706. The average molecular weight is 447 g/mol. The number of aromatic amines is 1. The summed E-state index contributed by atoms with van der Waals surface area (Å²) in [7, 11) is -3.85. The molecule has 6 atom stereocenters. The number of ether oxygens (including phenoxy) is 2. The zero-order valence-corrected chi connectivity index (χ0v) is 17.6. The van der Waals surface area contributed by atoms with Gasteiger partial charge in [0.25, 0.3) is 5.56 Å². The summed E-state index contributed by atoms with van der Waals surface area (Å²) in [4.78, 5) is 37.3. The number of rotatable bonds is 7. The van der Waals surface area contributed by atoms with Gasteiger partial charge in [0.05, 0.1) is 25.9 Å². The van der Waals surface area contributed by atoms with Gasteiger partial charge in [-0.2, -0.15) is 0 Å². The number of aliphatic hydroxyl groups excluding tert-OH is 1. The maximum Gasteiger partial charge on any atom is 0.406 e. The van der Waals surface area contributed by atoms with Crippen molar-refractivity contribution in [2.75, 3.05) is 19.8 Å². The second kappa shape index (κ2) is 9.54. The number of nitrogens with one attached hydrogen (secondary N) is 2. The molecule has 2 aliphatic heterocycles. The van der Waals surface area contributed by atoms with Crippen molar-refractivity contribution in [1.29, 1.82) is 0 Å². The molecule has 12 nitrogen and oxygen atoms in total. The minimum atomic E-state index is -3.85. The molecule has 1 unspecified atom stereocenters. The molecule has 13 heteroatoms. The third-order valence-electron chi connectivity index (χ3n) is 4.94. The van der Waals surface area contributed by atoms with Crippen LogP contribution in [0.3, 0.4) is 0 Å². The SMILES string of the molecule is CCCCOC(=O)[C@@H](C)NP1(=O)OC[C@H]2[C@@H](O)[C@H](n3ccc(=O)[nH]c3=O)O[C@@H]2CO1. The molecule has 0 aliphatic carbocycles. The summed E-state index contributed by atoms with van der Waals surface area (Å²) in [5.74, 6) is -1.22. The molecule has 2 fully saturated rings. The van der Waals surface area contributed by atoms with Gasteiger partial charge in [-0.3, -0.25) is 28.2 Å². The number of carbonyl (C=O) groups excluding carboxylic acids is 1. The highest BCUT2D eigenvalue weighted by Crippen LogP contribution is 2.50. The molecule has 0 saturated carbocycles. The number of carbonyl (C=O) groups is 1. The van der Waals surface area contributed by atoms with Gasteiger partial charge in [0, 0.05) is 18.2 Å². The van der Waals surface area contributed by atoms with E-state index >= 15 is 0 Å². The predicted molar refractivity (Wildman–Crippen MR) is 103 cm³/mol. The highest BCUT2D eigenvalue weighted by Gasteiger charge is 2.49. The number of unbranched alkanes of at least 4 members (excludes halogenated alkanes) is 1. The van der Waals surface area contributed by atoms with Crippen LogP contribution in [0.4, 0.5) is 0 Å². The number of aromatic nitrogens is 2. The number of fused-ring (bicyclic) bond motifs is 1. The van der Waals surface area contributed by atoms with Crippen molar-refractivity contribution in [3.8, 4) is 0 Å². The minimum Gasteiger partial charge on any atom is -0.465 e. The Morgan fingerprint density at radius 2 is 2.17 bits per heavy atom. The maximum absolute atomic E-state index is 12.9. The van der Waals surface area contributed by atoms with Crippen LogP contribution in [0, 0.1) is 5.92 Å². The highest BCUT2D eigenvalue weighted by molar-refractivity contribution is 7.51. The Bertz CT molecular complexity index is 916. The van der Waals surface area contributed by atoms with E-state index in [1.165, 1.54) is 13.1 Å². The van der Waals surface area contributed by atoms with E-state index in [0.29, 0.717) is 0 Å². The second-order valence-corrected chi connectivity index (χ2v) is 8.97. The van der Waals surface area contributed by atoms with Crippen LogP contribution in [-0.2, 0) is 27.9 Å². The van der Waals surface area contributed by atoms with Crippen LogP contribution in [0.2, 0.25) is 0 Å². The number of H-pyrrole nitrogens is 1. The summed E-state index contributed by atoms with van der Waals surface area (Å²) in [6.07, 6.45) is -0.133. The third kappa shape index (κ3) is 5.08. The number of aliphatic hydroxyl groups is 1. The summed E-state index contributed by atoms with van der Waals surface area (Å²) in [5.41, 5.74) is -1.30. The van der Waals surface area contributed by atoms with Crippen LogP contribution in [-0.4, -0.2) is 58.7 Å². The van der Waals surface area contributed by atoms with Crippen molar-refractivity contribution in [3.05, 3.63) is 33.1 Å². The van der Waals surface area contributed by atoms with Crippen molar-refractivity contribution < 1.29 is 33.0 Å². The molecule has 0 spiro atoms. The van der Waals surface area contributed by atoms with Crippen molar-refractivity contribution >= 4 is 13.7 Å². The Hall–Kier alpha value is -1.82. The van der Waals surface area contributed by atoms with E-state index in [4.69, 9.17) is 18.5 Å². The molecule has 3 N–H and O–H groups in total. The van der Waals surface area contributed by atoms with Crippen LogP contribution in [0.5, 0.6) is 0 Å². The minimum absolute atomic E-state index is 0.192. The molecule has 1 aromatic rings. The first-order valence-electron chi connectivity index (χ1n) is 9.72. The van der Waals surface area contributed by atoms with E-state index in [0.717, 1.165) is 23.5 Å². The lowest BCUT2D eigenvalue weighted by atomic mass is 9.99. The molecule has 3 heterocycles. The monoisotopic (exact) mass is 447 g/mol. The van der Waals surface area contributed by atoms with Crippen molar-refractivity contribution in [1.82, 2.24) is 14.6 Å². The summed E-state index contributed by atoms with van der Waals surface area (Å²) in [6.45, 7) is 3.33. The van der Waals surface area contributed by atoms with E-state index < -0.39 is 55.4 Å². The van der Waals surface area contributed by atoms with Crippen LogP contribution < -0.4 is 16.3 Å². The van der Waals surface area contributed by atoms with Crippen LogP contribution >= 0.6 is 7.75 Å². The summed E-state index contributed by atoms with van der Waals surface area (Å²) in [6, 6.07) is 0.210. The summed E-state index contributed by atoms with van der Waals surface area (Å²) in [5, 5.41) is 13.1. The quantitative estimate of drug-likeness (QED) is 0.292. The number of esters is 1. The van der Waals surface area contributed by atoms with Gasteiger partial charge in [0.2, 0.25) is 0 Å². The van der Waals surface area contributed by atoms with Gasteiger partial charge in [0.1, 0.15) is 12.1 Å². The largest absolute Gasteiger partial charge is 0.465 e. The molecule has 0 radical (unpaired) electrons. The van der Waals surface area contributed by atoms with Gasteiger partial charge in [-0.1, -0.05) is 13.3 Å². The maximum atomic E-state index is 12.9. The fourth-order valence-corrected chi connectivity index (χ4v) is 4.73. The van der Waals surface area contributed by atoms with Crippen LogP contribution in [0.15, 0.2) is 21.9 Å². The smallest absolute Gasteiger partial charge is 0.406 e. The number of hydrogen-bond acceptors (Lipinski definition) is 9. The number of hydrogen-bond donors (Lipinski definition) is 3. The number of nitrogens with zero attached hydrogens (tertiary/aromatic N) is 1. The summed E-state index contributed by atoms with van der Waals surface area (Å²) < 4.78 is 35.5. The Kier molecular flexibility index (Phi) is 7.27. The molecule has 1 aromatic heterocycles. The molecule has 0 amide bonds. The van der Waals surface area contributed by atoms with Crippen LogP contribution in [0.25, 0.3) is 0 Å². The standard InChI is InChI=1S/C17H26N3O9P/c1-3-4-7-26-16(23)10(2)19-30(25)27-8-11-12(9-28-30)29-15(14(11)22)20-6-5-13(21)18-17(20)24/h5-6,10-12,14-15,22H,3-4,7-9H2,1-2H3,(H,19,25)(H,18,21,24)/t10-,11-,12-,14-,15-,30?/m1/s1. The van der Waals surface area contributed by atoms with Gasteiger partial charge in [-0.15, -0.1) is 0 Å². The van der Waals surface area contributed by atoms with Gasteiger partial charge >= 0.3 is 19.4 Å². The Morgan fingerprint density at radius 1 is 1.43 bits per heavy atom. The lowest BCUT2D eigenvalue weighted by molar-refractivity contribution is -0.145. The molecule has 30 heavy (non-hydrogen) atoms. The molecule has 3 rings (SSSR count). The van der Waals surface area contributed by atoms with Gasteiger partial charge in [0.15, 0.2) is 6.23 Å². The molecule has 2 saturated heterocycles. The zero-order valence-electron chi connectivity index (χ0n) is 16.7. The second-order valence-electron chi connectivity index (χ2n) is 7.20. The first-order chi connectivity index (χ1) is 14.2. The van der Waals surface area contributed by atoms with Crippen LogP contribution in [0.1, 0.15) is 32.9 Å². The first kappa shape index (κ1) is 22.9. The Labute approximate surface area is 172 Å². The average Bonchev–Trinajstić information content (AvgIpc) is 2.90. The van der Waals surface area contributed by atoms with E-state index in [1.54, 1.807) is 0 Å². The topological polar surface area (TPSA) is 158 Å². The molecule has 2 aliphatic rings. The van der Waals surface area contributed by atoms with Crippen molar-refractivity contribution in [2.45, 2.75) is 51.2 Å². The Morgan fingerprint density at radius 3 is 2.87 bits per heavy atom. The van der Waals surface area contributed by atoms with Gasteiger partial charge in [-0.25, -0.2) is 14.4 Å². The molecular weight excluding hydrogens is 421 g/mol. The van der Waals surface area contributed by atoms with Gasteiger partial charge < -0.3 is 14.6 Å². The van der Waals surface area contributed by atoms with Crippen molar-refractivity contribution in [2.24, 2.45) is 5.92 Å². The van der Waals surface area contributed by atoms with E-state index in [-0.39, 0.29) is 19.8 Å². The Balaban J connectivity index is 1.63. The van der Waals surface area contributed by atoms with E-state index in [2.05, 4.69) is 10.1 Å². The molecule has 168 valence electrons. The molecular formula is C17H26N3O9P. The van der Waals surface area contributed by atoms with Gasteiger partial charge in [-0.05, 0) is 13.3 Å². The highest BCUT2D eigenvalue weighted by atomic mass is 31.2. The normalized spacial score (nSPS) is 32.2. The first-order valence-corrected chi connectivity index (χ1v) is 11.3. The lowest BCUT2D eigenvalue weighted by Crippen LogP contribution is -2.37. The summed E-state index contributed by atoms with van der Waals surface area (Å²) >= 11 is 0. The fourth-order valence-electron chi connectivity index (χ4n) is 3.22. The van der Waals surface area contributed by atoms with Crippen molar-refractivity contribution in [3.63, 3.8) is 0 Å². The predicted octanol–water partition coefficient (Wildman–Crippen LogP) is -0.113. The molecule has 0 bridgehead atoms. The van der Waals surface area contributed by atoms with E-state index in [1.807, 2.05) is 6.92 Å². The molecule has 0 aromatic carbocycles.